The molecule has 1 N–H and O–H groups in total. The summed E-state index contributed by atoms with van der Waals surface area (Å²) in [6.07, 6.45) is -0.548. The molecule has 0 bridgehead atoms. The van der Waals surface area contributed by atoms with Crippen LogP contribution < -0.4 is 0 Å². The SMILES string of the molecule is C=C(C)C(=O)CC(O)(OOCC)C(=O)C(=C)C. The van der Waals surface area contributed by atoms with Gasteiger partial charge in [0.25, 0.3) is 5.79 Å². The molecule has 1 unspecified atom stereocenters. The number of Topliss-reactive ketones (excluding diaryl/α,β-unsaturated/α-hetero) is 2. The van der Waals surface area contributed by atoms with Crippen LogP contribution in [0.4, 0.5) is 0 Å². The summed E-state index contributed by atoms with van der Waals surface area (Å²) in [6, 6.07) is 0. The maximum atomic E-state index is 11.7. The van der Waals surface area contributed by atoms with Gasteiger partial charge in [0.15, 0.2) is 5.78 Å². The number of ketones is 2. The largest absolute Gasteiger partial charge is 0.357 e. The fourth-order valence-electron chi connectivity index (χ4n) is 1.01. The molecular weight excluding hydrogens is 224 g/mol. The second-order valence-electron chi connectivity index (χ2n) is 3.76. The van der Waals surface area contributed by atoms with Crippen LogP contribution in [0.5, 0.6) is 0 Å². The van der Waals surface area contributed by atoms with E-state index in [1.165, 1.54) is 13.8 Å². The van der Waals surface area contributed by atoms with Crippen molar-refractivity contribution in [2.24, 2.45) is 0 Å². The Hall–Kier alpha value is -1.30. The van der Waals surface area contributed by atoms with Gasteiger partial charge in [-0.05, 0) is 31.9 Å². The molecule has 5 nitrogen and oxygen atoms in total. The third-order valence-electron chi connectivity index (χ3n) is 1.93. The lowest BCUT2D eigenvalue weighted by atomic mass is 9.98. The number of hydrogen-bond donors (Lipinski definition) is 1. The number of carbonyl (C=O) groups is 2. The standard InChI is InChI=1S/C12H18O5/c1-6-16-17-12(15,11(14)9(4)5)7-10(13)8(2)3/h15H,2,4,6-7H2,1,3,5H3. The Morgan fingerprint density at radius 3 is 2.12 bits per heavy atom. The molecule has 0 aromatic rings. The number of allylic oxidation sites excluding steroid dienone is 1. The quantitative estimate of drug-likeness (QED) is 0.301. The Balaban J connectivity index is 4.96. The van der Waals surface area contributed by atoms with E-state index in [1.807, 2.05) is 0 Å². The number of carbonyl (C=O) groups excluding carboxylic acids is 2. The van der Waals surface area contributed by atoms with Gasteiger partial charge in [-0.1, -0.05) is 13.2 Å². The maximum Gasteiger partial charge on any atom is 0.270 e. The van der Waals surface area contributed by atoms with Crippen molar-refractivity contribution in [3.05, 3.63) is 24.3 Å². The molecule has 0 radical (unpaired) electrons. The second-order valence-corrected chi connectivity index (χ2v) is 3.76. The van der Waals surface area contributed by atoms with Crippen LogP contribution in [0.1, 0.15) is 27.2 Å². The molecule has 96 valence electrons. The zero-order valence-electron chi connectivity index (χ0n) is 10.4. The Bertz CT molecular complexity index is 345. The Labute approximate surface area is 101 Å². The summed E-state index contributed by atoms with van der Waals surface area (Å²) in [5.74, 6) is -3.61. The summed E-state index contributed by atoms with van der Waals surface area (Å²) in [7, 11) is 0. The molecule has 0 aliphatic rings. The summed E-state index contributed by atoms with van der Waals surface area (Å²) in [5.41, 5.74) is 0.291. The first kappa shape index (κ1) is 15.7. The maximum absolute atomic E-state index is 11.7. The molecule has 0 heterocycles. The van der Waals surface area contributed by atoms with Crippen LogP contribution >= 0.6 is 0 Å². The zero-order valence-corrected chi connectivity index (χ0v) is 10.4. The first-order valence-corrected chi connectivity index (χ1v) is 5.16. The highest BCUT2D eigenvalue weighted by molar-refractivity contribution is 6.04. The second kappa shape index (κ2) is 6.44. The van der Waals surface area contributed by atoms with Crippen LogP contribution in [0.15, 0.2) is 24.3 Å². The van der Waals surface area contributed by atoms with Crippen molar-refractivity contribution in [3.63, 3.8) is 0 Å². The molecule has 0 saturated carbocycles. The van der Waals surface area contributed by atoms with Crippen molar-refractivity contribution in [2.45, 2.75) is 33.0 Å². The summed E-state index contributed by atoms with van der Waals surface area (Å²) in [5, 5.41) is 9.98. The molecule has 1 atom stereocenters. The highest BCUT2D eigenvalue weighted by Crippen LogP contribution is 2.20. The van der Waals surface area contributed by atoms with E-state index in [1.54, 1.807) is 6.92 Å². The van der Waals surface area contributed by atoms with E-state index in [-0.39, 0.29) is 17.8 Å². The minimum atomic E-state index is -2.34. The van der Waals surface area contributed by atoms with E-state index in [0.717, 1.165) is 0 Å². The highest BCUT2D eigenvalue weighted by atomic mass is 17.2. The van der Waals surface area contributed by atoms with Crippen molar-refractivity contribution in [1.29, 1.82) is 0 Å². The van der Waals surface area contributed by atoms with Crippen LogP contribution in [0.3, 0.4) is 0 Å². The van der Waals surface area contributed by atoms with Crippen LogP contribution in [0.25, 0.3) is 0 Å². The molecule has 0 fully saturated rings. The fraction of sp³-hybridized carbons (Fsp3) is 0.500. The first-order valence-electron chi connectivity index (χ1n) is 5.16. The summed E-state index contributed by atoms with van der Waals surface area (Å²) < 4.78 is 0. The minimum absolute atomic E-state index is 0.0710. The lowest BCUT2D eigenvalue weighted by Gasteiger charge is -2.24. The molecule has 0 spiro atoms. The molecule has 0 aromatic heterocycles. The van der Waals surface area contributed by atoms with Crippen LogP contribution in [-0.2, 0) is 19.4 Å². The van der Waals surface area contributed by atoms with Crippen molar-refractivity contribution in [1.82, 2.24) is 0 Å². The molecular formula is C12H18O5. The van der Waals surface area contributed by atoms with Gasteiger partial charge in [-0.15, -0.1) is 0 Å². The lowest BCUT2D eigenvalue weighted by molar-refractivity contribution is -0.398. The molecule has 0 aliphatic heterocycles. The zero-order chi connectivity index (χ0) is 13.6. The summed E-state index contributed by atoms with van der Waals surface area (Å²) in [6.45, 7) is 11.5. The molecule has 0 aromatic carbocycles. The van der Waals surface area contributed by atoms with Gasteiger partial charge in [-0.25, -0.2) is 4.89 Å². The van der Waals surface area contributed by atoms with Crippen LogP contribution in [-0.4, -0.2) is 29.1 Å². The smallest absolute Gasteiger partial charge is 0.270 e. The number of aliphatic hydroxyl groups is 1. The normalized spacial score (nSPS) is 13.9. The van der Waals surface area contributed by atoms with E-state index in [9.17, 15) is 14.7 Å². The minimum Gasteiger partial charge on any atom is -0.357 e. The van der Waals surface area contributed by atoms with Gasteiger partial charge in [0.05, 0.1) is 13.0 Å². The Morgan fingerprint density at radius 2 is 1.76 bits per heavy atom. The average molecular weight is 242 g/mol. The third-order valence-corrected chi connectivity index (χ3v) is 1.93. The van der Waals surface area contributed by atoms with Crippen molar-refractivity contribution in [2.75, 3.05) is 6.61 Å². The topological polar surface area (TPSA) is 72.8 Å². The highest BCUT2D eigenvalue weighted by Gasteiger charge is 2.41. The van der Waals surface area contributed by atoms with Crippen LogP contribution in [0, 0.1) is 0 Å². The third kappa shape index (κ3) is 4.60. The molecule has 17 heavy (non-hydrogen) atoms. The van der Waals surface area contributed by atoms with E-state index < -0.39 is 23.8 Å². The fourth-order valence-corrected chi connectivity index (χ4v) is 1.01. The molecule has 0 saturated heterocycles. The van der Waals surface area contributed by atoms with Crippen molar-refractivity contribution in [3.8, 4) is 0 Å². The van der Waals surface area contributed by atoms with Gasteiger partial charge in [-0.3, -0.25) is 9.59 Å². The number of rotatable bonds is 8. The summed E-state index contributed by atoms with van der Waals surface area (Å²) >= 11 is 0. The van der Waals surface area contributed by atoms with Gasteiger partial charge in [0.2, 0.25) is 5.78 Å². The Morgan fingerprint density at radius 1 is 1.24 bits per heavy atom. The van der Waals surface area contributed by atoms with E-state index in [2.05, 4.69) is 22.9 Å². The van der Waals surface area contributed by atoms with Gasteiger partial charge >= 0.3 is 0 Å². The first-order chi connectivity index (χ1) is 7.74. The Kier molecular flexibility index (Phi) is 5.95. The lowest BCUT2D eigenvalue weighted by Crippen LogP contribution is -2.44. The molecule has 5 heteroatoms. The number of hydrogen-bond acceptors (Lipinski definition) is 5. The van der Waals surface area contributed by atoms with Gasteiger partial charge in [0.1, 0.15) is 0 Å². The van der Waals surface area contributed by atoms with E-state index in [0.29, 0.717) is 0 Å². The van der Waals surface area contributed by atoms with Crippen molar-refractivity contribution >= 4 is 11.6 Å². The van der Waals surface area contributed by atoms with E-state index in [4.69, 9.17) is 0 Å². The van der Waals surface area contributed by atoms with Crippen molar-refractivity contribution < 1.29 is 24.5 Å². The monoisotopic (exact) mass is 242 g/mol. The summed E-state index contributed by atoms with van der Waals surface area (Å²) in [4.78, 5) is 32.3. The molecule has 0 amide bonds. The average Bonchev–Trinajstić information content (AvgIpc) is 2.24. The molecule has 0 aliphatic carbocycles. The van der Waals surface area contributed by atoms with E-state index >= 15 is 0 Å². The molecule has 0 rings (SSSR count). The van der Waals surface area contributed by atoms with Gasteiger partial charge in [-0.2, -0.15) is 4.89 Å². The predicted octanol–water partition coefficient (Wildman–Crippen LogP) is 1.32. The predicted molar refractivity (Wildman–Crippen MR) is 61.9 cm³/mol. The van der Waals surface area contributed by atoms with Crippen LogP contribution in [0.2, 0.25) is 0 Å². The van der Waals surface area contributed by atoms with Gasteiger partial charge < -0.3 is 5.11 Å². The van der Waals surface area contributed by atoms with Gasteiger partial charge in [0, 0.05) is 0 Å².